The zero-order chi connectivity index (χ0) is 14.3. The van der Waals surface area contributed by atoms with Gasteiger partial charge in [0.25, 0.3) is 5.91 Å². The van der Waals surface area contributed by atoms with Gasteiger partial charge in [-0.05, 0) is 31.0 Å². The number of benzene rings is 1. The zero-order valence-corrected chi connectivity index (χ0v) is 10.8. The number of nitrogens with two attached hydrogens (primary N) is 1. The van der Waals surface area contributed by atoms with Crippen LogP contribution in [-0.2, 0) is 9.59 Å². The van der Waals surface area contributed by atoms with Crippen LogP contribution in [0, 0.1) is 0 Å². The Hall–Kier alpha value is -2.37. The Kier molecular flexibility index (Phi) is 2.93. The number of nitrogens with one attached hydrogen (secondary N) is 1. The molecular weight excluding hydrogens is 258 g/mol. The Balaban J connectivity index is 1.75. The number of nitrogens with zero attached hydrogens (tertiary/aromatic N) is 1. The molecule has 1 saturated heterocycles. The molecule has 20 heavy (non-hydrogen) atoms. The van der Waals surface area contributed by atoms with E-state index in [0.717, 1.165) is 12.8 Å². The Morgan fingerprint density at radius 2 is 2.05 bits per heavy atom. The van der Waals surface area contributed by atoms with Crippen LogP contribution in [0.2, 0.25) is 0 Å². The van der Waals surface area contributed by atoms with Crippen LogP contribution in [-0.4, -0.2) is 34.7 Å². The lowest BCUT2D eigenvalue weighted by molar-refractivity contribution is -0.139. The first-order valence-corrected chi connectivity index (χ1v) is 6.58. The third kappa shape index (κ3) is 2.24. The number of primary amides is 1. The summed E-state index contributed by atoms with van der Waals surface area (Å²) in [4.78, 5) is 36.5. The van der Waals surface area contributed by atoms with Gasteiger partial charge in [-0.25, -0.2) is 0 Å². The maximum atomic E-state index is 12.2. The number of carbonyl (C=O) groups is 3. The fourth-order valence-electron chi connectivity index (χ4n) is 2.44. The minimum Gasteiger partial charge on any atom is -0.373 e. The van der Waals surface area contributed by atoms with E-state index in [1.807, 2.05) is 0 Å². The van der Waals surface area contributed by atoms with Gasteiger partial charge < -0.3 is 11.1 Å². The van der Waals surface area contributed by atoms with Gasteiger partial charge >= 0.3 is 0 Å². The molecule has 3 N–H and O–H groups in total. The maximum absolute atomic E-state index is 12.2. The highest BCUT2D eigenvalue weighted by molar-refractivity contribution is 6.07. The molecule has 6 heteroatoms. The Labute approximate surface area is 115 Å². The molecule has 104 valence electrons. The van der Waals surface area contributed by atoms with Crippen LogP contribution in [0.25, 0.3) is 0 Å². The molecule has 2 fully saturated rings. The summed E-state index contributed by atoms with van der Waals surface area (Å²) in [7, 11) is 0. The van der Waals surface area contributed by atoms with Crippen LogP contribution < -0.4 is 11.1 Å². The van der Waals surface area contributed by atoms with E-state index in [9.17, 15) is 14.4 Å². The van der Waals surface area contributed by atoms with E-state index < -0.39 is 11.9 Å². The summed E-state index contributed by atoms with van der Waals surface area (Å²) in [5.74, 6) is -0.829. The summed E-state index contributed by atoms with van der Waals surface area (Å²) in [6.07, 6.45) is 1.97. The summed E-state index contributed by atoms with van der Waals surface area (Å²) in [5, 5.41) is 3.01. The van der Waals surface area contributed by atoms with Crippen LogP contribution >= 0.6 is 0 Å². The number of rotatable bonds is 4. The van der Waals surface area contributed by atoms with Gasteiger partial charge in [0.1, 0.15) is 6.04 Å². The number of hydrogen-bond donors (Lipinski definition) is 2. The molecule has 1 heterocycles. The van der Waals surface area contributed by atoms with Crippen molar-refractivity contribution >= 4 is 23.4 Å². The monoisotopic (exact) mass is 273 g/mol. The lowest BCUT2D eigenvalue weighted by Crippen LogP contribution is -2.36. The predicted molar refractivity (Wildman–Crippen MR) is 71.9 cm³/mol. The molecule has 0 bridgehead atoms. The largest absolute Gasteiger partial charge is 0.373 e. The summed E-state index contributed by atoms with van der Waals surface area (Å²) in [6.45, 7) is 0. The van der Waals surface area contributed by atoms with Crippen molar-refractivity contribution in [2.75, 3.05) is 5.32 Å². The number of hydrogen-bond acceptors (Lipinski definition) is 4. The molecule has 1 aliphatic heterocycles. The number of amides is 3. The number of carbonyl (C=O) groups excluding carboxylic acids is 3. The number of likely N-dealkylation sites (tertiary alicyclic amines) is 1. The van der Waals surface area contributed by atoms with Gasteiger partial charge in [-0.15, -0.1) is 0 Å². The van der Waals surface area contributed by atoms with Crippen LogP contribution in [0.1, 0.15) is 29.6 Å². The molecule has 1 atom stereocenters. The van der Waals surface area contributed by atoms with Crippen molar-refractivity contribution in [1.82, 2.24) is 4.90 Å². The molecule has 1 aromatic rings. The summed E-state index contributed by atoms with van der Waals surface area (Å²) >= 11 is 0. The van der Waals surface area contributed by atoms with Crippen LogP contribution in [0.3, 0.4) is 0 Å². The average molecular weight is 273 g/mol. The quantitative estimate of drug-likeness (QED) is 0.781. The van der Waals surface area contributed by atoms with Crippen LogP contribution in [0.5, 0.6) is 0 Å². The first-order chi connectivity index (χ1) is 9.56. The highest BCUT2D eigenvalue weighted by atomic mass is 16.2. The maximum Gasteiger partial charge on any atom is 0.252 e. The molecule has 6 nitrogen and oxygen atoms in total. The first-order valence-electron chi connectivity index (χ1n) is 6.58. The van der Waals surface area contributed by atoms with Gasteiger partial charge in [0.05, 0.1) is 6.42 Å². The van der Waals surface area contributed by atoms with Crippen LogP contribution in [0.15, 0.2) is 24.3 Å². The molecule has 1 saturated carbocycles. The van der Waals surface area contributed by atoms with Crippen molar-refractivity contribution in [2.24, 2.45) is 5.73 Å². The average Bonchev–Trinajstić information content (AvgIpc) is 3.19. The highest BCUT2D eigenvalue weighted by Crippen LogP contribution is 2.32. The molecule has 3 amide bonds. The zero-order valence-electron chi connectivity index (χ0n) is 10.8. The van der Waals surface area contributed by atoms with Crippen molar-refractivity contribution in [3.8, 4) is 0 Å². The van der Waals surface area contributed by atoms with Crippen molar-refractivity contribution in [2.45, 2.75) is 31.3 Å². The van der Waals surface area contributed by atoms with Crippen molar-refractivity contribution in [1.29, 1.82) is 0 Å². The summed E-state index contributed by atoms with van der Waals surface area (Å²) in [5.41, 5.74) is 6.20. The fraction of sp³-hybridized carbons (Fsp3) is 0.357. The van der Waals surface area contributed by atoms with Crippen molar-refractivity contribution in [3.63, 3.8) is 0 Å². The van der Waals surface area contributed by atoms with E-state index in [1.54, 1.807) is 24.3 Å². The Morgan fingerprint density at radius 3 is 2.70 bits per heavy atom. The number of anilines is 1. The summed E-state index contributed by atoms with van der Waals surface area (Å²) < 4.78 is 0. The predicted octanol–water partition coefficient (Wildman–Crippen LogP) is 0.487. The minimum absolute atomic E-state index is 0.0961. The Bertz CT molecular complexity index is 595. The number of imide groups is 1. The smallest absolute Gasteiger partial charge is 0.252 e. The van der Waals surface area contributed by atoms with Gasteiger partial charge in [-0.2, -0.15) is 0 Å². The third-order valence-electron chi connectivity index (χ3n) is 3.58. The molecule has 2 aliphatic rings. The van der Waals surface area contributed by atoms with Gasteiger partial charge in [0.15, 0.2) is 0 Å². The van der Waals surface area contributed by atoms with Gasteiger partial charge in [-0.1, -0.05) is 6.07 Å². The molecule has 1 aromatic carbocycles. The lowest BCUT2D eigenvalue weighted by Gasteiger charge is -2.15. The van der Waals surface area contributed by atoms with E-state index in [4.69, 9.17) is 5.73 Å². The second kappa shape index (κ2) is 4.63. The van der Waals surface area contributed by atoms with Crippen LogP contribution in [0.4, 0.5) is 5.69 Å². The lowest BCUT2D eigenvalue weighted by atomic mass is 10.1. The van der Waals surface area contributed by atoms with E-state index >= 15 is 0 Å². The van der Waals surface area contributed by atoms with E-state index in [1.165, 1.54) is 4.90 Å². The molecule has 0 radical (unpaired) electrons. The minimum atomic E-state index is -0.550. The van der Waals surface area contributed by atoms with Crippen molar-refractivity contribution < 1.29 is 14.4 Å². The van der Waals surface area contributed by atoms with E-state index in [0.29, 0.717) is 11.3 Å². The van der Waals surface area contributed by atoms with Gasteiger partial charge in [0.2, 0.25) is 11.8 Å². The van der Waals surface area contributed by atoms with E-state index in [-0.39, 0.29) is 24.3 Å². The fourth-order valence-corrected chi connectivity index (χ4v) is 2.44. The first kappa shape index (κ1) is 12.7. The summed E-state index contributed by atoms with van der Waals surface area (Å²) in [6, 6.07) is 6.16. The second-order valence-corrected chi connectivity index (χ2v) is 5.18. The molecule has 0 spiro atoms. The third-order valence-corrected chi connectivity index (χ3v) is 3.58. The van der Waals surface area contributed by atoms with Crippen molar-refractivity contribution in [3.05, 3.63) is 29.8 Å². The molecule has 3 rings (SSSR count). The molecular formula is C14H15N3O3. The highest BCUT2D eigenvalue weighted by Gasteiger charge is 2.46. The van der Waals surface area contributed by atoms with Gasteiger partial charge in [-0.3, -0.25) is 19.3 Å². The van der Waals surface area contributed by atoms with E-state index in [2.05, 4.69) is 5.32 Å². The Morgan fingerprint density at radius 1 is 1.30 bits per heavy atom. The molecule has 1 unspecified atom stereocenters. The standard InChI is InChI=1S/C14H15N3O3/c15-13(19)8-2-1-3-9(6-8)16-11-7-12(18)17(14(11)20)10-4-5-10/h1-3,6,10-11,16H,4-5,7H2,(H2,15,19). The molecule has 1 aliphatic carbocycles. The normalized spacial score (nSPS) is 22.2. The SMILES string of the molecule is NC(=O)c1cccc(NC2CC(=O)N(C3CC3)C2=O)c1. The topological polar surface area (TPSA) is 92.5 Å². The van der Waals surface area contributed by atoms with Gasteiger partial charge in [0, 0.05) is 17.3 Å². The second-order valence-electron chi connectivity index (χ2n) is 5.18. The molecule has 0 aromatic heterocycles.